The molecule has 2 aromatic carbocycles. The van der Waals surface area contributed by atoms with Gasteiger partial charge in [-0.25, -0.2) is 0 Å². The highest BCUT2D eigenvalue weighted by Gasteiger charge is 2.29. The summed E-state index contributed by atoms with van der Waals surface area (Å²) in [6.45, 7) is 4.50. The van der Waals surface area contributed by atoms with Crippen LogP contribution in [0.3, 0.4) is 0 Å². The van der Waals surface area contributed by atoms with E-state index >= 15 is 0 Å². The van der Waals surface area contributed by atoms with Crippen molar-refractivity contribution in [3.05, 3.63) is 60.3 Å². The van der Waals surface area contributed by atoms with Crippen molar-refractivity contribution in [2.24, 2.45) is 0 Å². The highest BCUT2D eigenvalue weighted by molar-refractivity contribution is 6.44. The molecule has 9 heteroatoms. The van der Waals surface area contributed by atoms with E-state index in [0.29, 0.717) is 63.4 Å². The SMILES string of the molecule is COc1ccc(N2CCN(C(=O)C(=O)c3cn(CC(=O)N4CCOCC4)c4ccccc34)CC2)cc1. The summed E-state index contributed by atoms with van der Waals surface area (Å²) in [5, 5.41) is 0.683. The Bertz CT molecular complexity index is 1250. The summed E-state index contributed by atoms with van der Waals surface area (Å²) in [5.41, 5.74) is 2.16. The number of methoxy groups -OCH3 is 1. The Kier molecular flexibility index (Phi) is 6.90. The molecule has 2 amide bonds. The molecule has 2 aliphatic heterocycles. The molecule has 5 rings (SSSR count). The number of aromatic nitrogens is 1. The maximum Gasteiger partial charge on any atom is 0.295 e. The second kappa shape index (κ2) is 10.4. The van der Waals surface area contributed by atoms with Gasteiger partial charge in [0.15, 0.2) is 0 Å². The average Bonchev–Trinajstić information content (AvgIpc) is 3.31. The van der Waals surface area contributed by atoms with E-state index in [1.165, 1.54) is 0 Å². The first-order chi connectivity index (χ1) is 17.5. The number of amides is 2. The Balaban J connectivity index is 1.28. The van der Waals surface area contributed by atoms with Crippen molar-refractivity contribution in [3.8, 4) is 5.75 Å². The lowest BCUT2D eigenvalue weighted by Crippen LogP contribution is -2.50. The van der Waals surface area contributed by atoms with Gasteiger partial charge in [-0.2, -0.15) is 0 Å². The predicted octanol–water partition coefficient (Wildman–Crippen LogP) is 2.04. The fraction of sp³-hybridized carbons (Fsp3) is 0.370. The van der Waals surface area contributed by atoms with Crippen molar-refractivity contribution in [3.63, 3.8) is 0 Å². The highest BCUT2D eigenvalue weighted by Crippen LogP contribution is 2.24. The van der Waals surface area contributed by atoms with Gasteiger partial charge in [0.25, 0.3) is 11.7 Å². The molecule has 0 saturated carbocycles. The van der Waals surface area contributed by atoms with Crippen LogP contribution in [-0.2, 0) is 20.9 Å². The van der Waals surface area contributed by atoms with Crippen LogP contribution in [0.25, 0.3) is 10.9 Å². The van der Waals surface area contributed by atoms with Gasteiger partial charge >= 0.3 is 0 Å². The Labute approximate surface area is 209 Å². The van der Waals surface area contributed by atoms with Gasteiger partial charge < -0.3 is 28.7 Å². The van der Waals surface area contributed by atoms with E-state index in [2.05, 4.69) is 4.90 Å². The molecule has 0 N–H and O–H groups in total. The molecule has 188 valence electrons. The third-order valence-corrected chi connectivity index (χ3v) is 6.90. The summed E-state index contributed by atoms with van der Waals surface area (Å²) in [6.07, 6.45) is 1.65. The fourth-order valence-corrected chi connectivity index (χ4v) is 4.84. The maximum atomic E-state index is 13.3. The number of ketones is 1. The van der Waals surface area contributed by atoms with Crippen molar-refractivity contribution < 1.29 is 23.9 Å². The topological polar surface area (TPSA) is 84.3 Å². The third-order valence-electron chi connectivity index (χ3n) is 6.90. The molecule has 0 unspecified atom stereocenters. The zero-order valence-corrected chi connectivity index (χ0v) is 20.4. The number of nitrogens with zero attached hydrogens (tertiary/aromatic N) is 4. The first-order valence-corrected chi connectivity index (χ1v) is 12.2. The highest BCUT2D eigenvalue weighted by atomic mass is 16.5. The molecule has 0 radical (unpaired) electrons. The lowest BCUT2D eigenvalue weighted by Gasteiger charge is -2.35. The van der Waals surface area contributed by atoms with E-state index in [-0.39, 0.29) is 12.5 Å². The summed E-state index contributed by atoms with van der Waals surface area (Å²) in [7, 11) is 1.63. The molecule has 0 spiro atoms. The Hall–Kier alpha value is -3.85. The number of piperazine rings is 1. The van der Waals surface area contributed by atoms with E-state index in [0.717, 1.165) is 17.0 Å². The minimum absolute atomic E-state index is 0.0287. The summed E-state index contributed by atoms with van der Waals surface area (Å²) in [4.78, 5) is 44.9. The number of hydrogen-bond donors (Lipinski definition) is 0. The molecule has 3 aromatic rings. The molecule has 3 heterocycles. The monoisotopic (exact) mass is 490 g/mol. The number of para-hydroxylation sites is 1. The lowest BCUT2D eigenvalue weighted by molar-refractivity contribution is -0.135. The number of carbonyl (C=O) groups is 3. The van der Waals surface area contributed by atoms with E-state index in [1.807, 2.05) is 48.5 Å². The molecule has 36 heavy (non-hydrogen) atoms. The van der Waals surface area contributed by atoms with E-state index in [4.69, 9.17) is 9.47 Å². The number of fused-ring (bicyclic) bond motifs is 1. The van der Waals surface area contributed by atoms with Crippen LogP contribution in [0.15, 0.2) is 54.7 Å². The number of carbonyl (C=O) groups excluding carboxylic acids is 3. The van der Waals surface area contributed by atoms with Gasteiger partial charge in [0.2, 0.25) is 5.91 Å². The zero-order chi connectivity index (χ0) is 25.1. The minimum Gasteiger partial charge on any atom is -0.497 e. The van der Waals surface area contributed by atoms with E-state index < -0.39 is 11.7 Å². The fourth-order valence-electron chi connectivity index (χ4n) is 4.84. The molecule has 2 aliphatic rings. The smallest absolute Gasteiger partial charge is 0.295 e. The first kappa shape index (κ1) is 23.9. The standard InChI is InChI=1S/C27H30N4O5/c1-35-21-8-6-20(7-9-21)28-10-12-30(13-11-28)27(34)26(33)23-18-31(24-5-3-2-4-22(23)24)19-25(32)29-14-16-36-17-15-29/h2-9,18H,10-17,19H2,1H3. The predicted molar refractivity (Wildman–Crippen MR) is 135 cm³/mol. The van der Waals surface area contributed by atoms with Crippen molar-refractivity contribution in [2.45, 2.75) is 6.54 Å². The molecule has 2 fully saturated rings. The number of hydrogen-bond acceptors (Lipinski definition) is 6. The minimum atomic E-state index is -0.540. The molecule has 2 saturated heterocycles. The van der Waals surface area contributed by atoms with Gasteiger partial charge in [0.1, 0.15) is 12.3 Å². The number of rotatable bonds is 6. The normalized spacial score (nSPS) is 16.3. The molecule has 0 atom stereocenters. The maximum absolute atomic E-state index is 13.3. The largest absolute Gasteiger partial charge is 0.497 e. The van der Waals surface area contributed by atoms with Crippen molar-refractivity contribution in [2.75, 3.05) is 64.5 Å². The number of ether oxygens (including phenoxy) is 2. The lowest BCUT2D eigenvalue weighted by atomic mass is 10.1. The quantitative estimate of drug-likeness (QED) is 0.389. The molecular weight excluding hydrogens is 460 g/mol. The Morgan fingerprint density at radius 2 is 1.56 bits per heavy atom. The van der Waals surface area contributed by atoms with Gasteiger partial charge in [-0.15, -0.1) is 0 Å². The summed E-state index contributed by atoms with van der Waals surface area (Å²) < 4.78 is 12.3. The molecule has 0 bridgehead atoms. The van der Waals surface area contributed by atoms with Crippen LogP contribution in [0.1, 0.15) is 10.4 Å². The van der Waals surface area contributed by atoms with Gasteiger partial charge in [0.05, 0.1) is 25.9 Å². The van der Waals surface area contributed by atoms with Crippen molar-refractivity contribution in [1.29, 1.82) is 0 Å². The van der Waals surface area contributed by atoms with Crippen LogP contribution < -0.4 is 9.64 Å². The van der Waals surface area contributed by atoms with E-state index in [1.54, 1.807) is 27.7 Å². The van der Waals surface area contributed by atoms with Crippen LogP contribution in [0.5, 0.6) is 5.75 Å². The first-order valence-electron chi connectivity index (χ1n) is 12.2. The zero-order valence-electron chi connectivity index (χ0n) is 20.4. The number of anilines is 1. The second-order valence-electron chi connectivity index (χ2n) is 8.99. The van der Waals surface area contributed by atoms with Crippen LogP contribution in [-0.4, -0.2) is 91.6 Å². The molecule has 9 nitrogen and oxygen atoms in total. The Morgan fingerprint density at radius 3 is 2.25 bits per heavy atom. The molecular formula is C27H30N4O5. The number of morpholine rings is 1. The summed E-state index contributed by atoms with van der Waals surface area (Å²) in [5.74, 6) is -0.281. The number of benzene rings is 2. The number of Topliss-reactive ketones (excluding diaryl/α,β-unsaturated/α-hetero) is 1. The van der Waals surface area contributed by atoms with Crippen LogP contribution >= 0.6 is 0 Å². The van der Waals surface area contributed by atoms with Gasteiger partial charge in [-0.3, -0.25) is 14.4 Å². The van der Waals surface area contributed by atoms with Crippen molar-refractivity contribution >= 4 is 34.2 Å². The van der Waals surface area contributed by atoms with Gasteiger partial charge in [0, 0.05) is 62.1 Å². The summed E-state index contributed by atoms with van der Waals surface area (Å²) >= 11 is 0. The summed E-state index contributed by atoms with van der Waals surface area (Å²) in [6, 6.07) is 15.2. The van der Waals surface area contributed by atoms with Crippen LogP contribution in [0, 0.1) is 0 Å². The second-order valence-corrected chi connectivity index (χ2v) is 8.99. The third kappa shape index (κ3) is 4.79. The van der Waals surface area contributed by atoms with E-state index in [9.17, 15) is 14.4 Å². The van der Waals surface area contributed by atoms with Gasteiger partial charge in [-0.1, -0.05) is 18.2 Å². The van der Waals surface area contributed by atoms with Crippen LogP contribution in [0.4, 0.5) is 5.69 Å². The van der Waals surface area contributed by atoms with Gasteiger partial charge in [-0.05, 0) is 30.3 Å². The Morgan fingerprint density at radius 1 is 0.861 bits per heavy atom. The molecule has 0 aliphatic carbocycles. The average molecular weight is 491 g/mol. The van der Waals surface area contributed by atoms with Crippen LogP contribution in [0.2, 0.25) is 0 Å². The molecule has 1 aromatic heterocycles. The van der Waals surface area contributed by atoms with Crippen molar-refractivity contribution in [1.82, 2.24) is 14.4 Å².